The molecule has 1 aliphatic rings. The largest absolute Gasteiger partial charge is 0.493 e. The lowest BCUT2D eigenvalue weighted by Crippen LogP contribution is -2.46. The Morgan fingerprint density at radius 3 is 2.63 bits per heavy atom. The average molecular weight is 389 g/mol. The summed E-state index contributed by atoms with van der Waals surface area (Å²) in [5.41, 5.74) is 2.02. The van der Waals surface area contributed by atoms with Crippen molar-refractivity contribution in [3.05, 3.63) is 53.6 Å². The van der Waals surface area contributed by atoms with Gasteiger partial charge < -0.3 is 19.9 Å². The Labute approximate surface area is 163 Å². The number of nitrogens with one attached hydrogen (secondary N) is 1. The van der Waals surface area contributed by atoms with E-state index in [1.165, 1.54) is 0 Å². The Morgan fingerprint density at radius 2 is 1.96 bits per heavy atom. The number of aliphatic hydroxyl groups excluding tert-OH is 1. The Morgan fingerprint density at radius 1 is 1.26 bits per heavy atom. The van der Waals surface area contributed by atoms with Gasteiger partial charge in [-0.15, -0.1) is 0 Å². The van der Waals surface area contributed by atoms with Gasteiger partial charge in [-0.2, -0.15) is 0 Å². The van der Waals surface area contributed by atoms with Crippen LogP contribution in [0.15, 0.2) is 47.4 Å². The molecule has 144 valence electrons. The third-order valence-electron chi connectivity index (χ3n) is 4.41. The lowest BCUT2D eigenvalue weighted by molar-refractivity contribution is -0.128. The molecule has 7 heteroatoms. The average Bonchev–Trinajstić information content (AvgIpc) is 2.72. The number of rotatable bonds is 7. The molecule has 0 saturated heterocycles. The van der Waals surface area contributed by atoms with Gasteiger partial charge in [0.05, 0.1) is 26.9 Å². The monoisotopic (exact) mass is 389 g/mol. The summed E-state index contributed by atoms with van der Waals surface area (Å²) in [4.78, 5) is 13.5. The second-order valence-corrected chi connectivity index (χ2v) is 7.06. The zero-order valence-corrected chi connectivity index (χ0v) is 16.1. The molecule has 1 aliphatic heterocycles. The van der Waals surface area contributed by atoms with Gasteiger partial charge in [-0.3, -0.25) is 8.98 Å². The van der Waals surface area contributed by atoms with Gasteiger partial charge in [0.2, 0.25) is 0 Å². The van der Waals surface area contributed by atoms with Gasteiger partial charge in [-0.05, 0) is 23.6 Å². The zero-order valence-electron chi connectivity index (χ0n) is 15.3. The predicted octanol–water partition coefficient (Wildman–Crippen LogP) is 2.37. The fourth-order valence-electron chi connectivity index (χ4n) is 2.97. The molecule has 3 rings (SSSR count). The van der Waals surface area contributed by atoms with E-state index in [0.29, 0.717) is 24.3 Å². The van der Waals surface area contributed by atoms with Crippen molar-refractivity contribution in [3.8, 4) is 11.5 Å². The van der Waals surface area contributed by atoms with Crippen molar-refractivity contribution in [1.82, 2.24) is 5.32 Å². The molecule has 0 radical (unpaired) electrons. The Hall–Kier alpha value is -2.22. The van der Waals surface area contributed by atoms with Crippen LogP contribution in [0.4, 0.5) is 0 Å². The number of carbonyl (C=O) groups is 1. The molecule has 2 aromatic carbocycles. The first kappa shape index (κ1) is 19.5. The molecule has 0 fully saturated rings. The van der Waals surface area contributed by atoms with Crippen LogP contribution in [0.2, 0.25) is 0 Å². The van der Waals surface area contributed by atoms with E-state index in [1.54, 1.807) is 14.2 Å². The highest BCUT2D eigenvalue weighted by atomic mass is 32.2. The highest BCUT2D eigenvalue weighted by molar-refractivity contribution is 7.94. The third kappa shape index (κ3) is 4.74. The summed E-state index contributed by atoms with van der Waals surface area (Å²) in [5.74, 6) is 1.01. The number of amides is 1. The van der Waals surface area contributed by atoms with E-state index in [1.807, 2.05) is 42.5 Å². The quantitative estimate of drug-likeness (QED) is 0.708. The van der Waals surface area contributed by atoms with Crippen LogP contribution in [0.5, 0.6) is 11.5 Å². The van der Waals surface area contributed by atoms with Crippen LogP contribution in [0.1, 0.15) is 11.1 Å². The molecule has 1 heterocycles. The van der Waals surface area contributed by atoms with Crippen LogP contribution in [0.25, 0.3) is 0 Å². The number of fused-ring (bicyclic) bond motifs is 1. The minimum absolute atomic E-state index is 0.137. The second-order valence-electron chi connectivity index (χ2n) is 6.27. The number of ether oxygens (including phenoxy) is 2. The van der Waals surface area contributed by atoms with Gasteiger partial charge in [0.15, 0.2) is 17.6 Å². The number of benzene rings is 2. The van der Waals surface area contributed by atoms with Gasteiger partial charge in [-0.25, -0.2) is 0 Å². The summed E-state index contributed by atoms with van der Waals surface area (Å²) in [6.45, 7) is -0.137. The minimum atomic E-state index is -0.634. The molecule has 1 unspecified atom stereocenters. The standard InChI is InChI=1S/C20H23NO5S/c1-24-16-9-14-10-18(26-27-19(14)11-17(16)25-2)20(23)21-15(12-22)8-13-6-4-3-5-7-13/h3-7,9,11,15,18,22H,8,10,12H2,1-2H3,(H,21,23)/t15-,18?/m0/s1. The van der Waals surface area contributed by atoms with E-state index < -0.39 is 6.10 Å². The Kier molecular flexibility index (Phi) is 6.60. The predicted molar refractivity (Wildman–Crippen MR) is 103 cm³/mol. The highest BCUT2D eigenvalue weighted by Crippen LogP contribution is 2.39. The van der Waals surface area contributed by atoms with Crippen LogP contribution in [-0.4, -0.2) is 44.0 Å². The molecule has 0 aliphatic carbocycles. The normalized spacial score (nSPS) is 16.9. The number of aliphatic hydroxyl groups is 1. The molecular weight excluding hydrogens is 366 g/mol. The lowest BCUT2D eigenvalue weighted by Gasteiger charge is -2.26. The van der Waals surface area contributed by atoms with E-state index in [9.17, 15) is 9.90 Å². The van der Waals surface area contributed by atoms with Crippen molar-refractivity contribution in [1.29, 1.82) is 0 Å². The SMILES string of the molecule is COc1cc2c(cc1OC)SOC(C(=O)N[C@H](CO)Cc1ccccc1)C2. The van der Waals surface area contributed by atoms with Crippen molar-refractivity contribution in [2.75, 3.05) is 20.8 Å². The van der Waals surface area contributed by atoms with Crippen LogP contribution < -0.4 is 14.8 Å². The van der Waals surface area contributed by atoms with Crippen LogP contribution in [0.3, 0.4) is 0 Å². The Bertz CT molecular complexity index is 783. The van der Waals surface area contributed by atoms with Gasteiger partial charge in [0, 0.05) is 29.4 Å². The van der Waals surface area contributed by atoms with Gasteiger partial charge in [0.25, 0.3) is 5.91 Å². The van der Waals surface area contributed by atoms with Crippen molar-refractivity contribution in [3.63, 3.8) is 0 Å². The molecule has 6 nitrogen and oxygen atoms in total. The number of hydrogen-bond donors (Lipinski definition) is 2. The van der Waals surface area contributed by atoms with Crippen LogP contribution >= 0.6 is 12.0 Å². The molecule has 2 aromatic rings. The van der Waals surface area contributed by atoms with Crippen molar-refractivity contribution in [2.45, 2.75) is 29.9 Å². The van der Waals surface area contributed by atoms with Crippen LogP contribution in [0, 0.1) is 0 Å². The fraction of sp³-hybridized carbons (Fsp3) is 0.350. The summed E-state index contributed by atoms with van der Waals surface area (Å²) < 4.78 is 16.3. The summed E-state index contributed by atoms with van der Waals surface area (Å²) in [6, 6.07) is 13.1. The maximum absolute atomic E-state index is 12.6. The molecule has 1 amide bonds. The van der Waals surface area contributed by atoms with E-state index in [4.69, 9.17) is 13.7 Å². The highest BCUT2D eigenvalue weighted by Gasteiger charge is 2.29. The van der Waals surface area contributed by atoms with Crippen LogP contribution in [-0.2, 0) is 21.8 Å². The summed E-state index contributed by atoms with van der Waals surface area (Å²) in [6.07, 6.45) is 0.355. The first-order valence-corrected chi connectivity index (χ1v) is 9.42. The van der Waals surface area contributed by atoms with E-state index in [-0.39, 0.29) is 18.6 Å². The number of carbonyl (C=O) groups excluding carboxylic acids is 1. The minimum Gasteiger partial charge on any atom is -0.493 e. The fourth-order valence-corrected chi connectivity index (χ4v) is 3.75. The first-order chi connectivity index (χ1) is 13.1. The maximum Gasteiger partial charge on any atom is 0.251 e. The van der Waals surface area contributed by atoms with E-state index in [2.05, 4.69) is 5.32 Å². The molecule has 0 bridgehead atoms. The van der Waals surface area contributed by atoms with E-state index in [0.717, 1.165) is 28.1 Å². The molecule has 27 heavy (non-hydrogen) atoms. The molecule has 0 saturated carbocycles. The zero-order chi connectivity index (χ0) is 19.2. The van der Waals surface area contributed by atoms with Gasteiger partial charge >= 0.3 is 0 Å². The third-order valence-corrected chi connectivity index (χ3v) is 5.30. The van der Waals surface area contributed by atoms with Crippen molar-refractivity contribution < 1.29 is 23.6 Å². The van der Waals surface area contributed by atoms with Gasteiger partial charge in [0.1, 0.15) is 0 Å². The molecule has 0 aromatic heterocycles. The summed E-state index contributed by atoms with van der Waals surface area (Å²) in [7, 11) is 3.16. The maximum atomic E-state index is 12.6. The lowest BCUT2D eigenvalue weighted by atomic mass is 10.0. The second kappa shape index (κ2) is 9.12. The first-order valence-electron chi connectivity index (χ1n) is 8.68. The molecule has 0 spiro atoms. The van der Waals surface area contributed by atoms with Crippen molar-refractivity contribution >= 4 is 17.9 Å². The summed E-state index contributed by atoms with van der Waals surface area (Å²) >= 11 is 1.15. The Balaban J connectivity index is 1.66. The van der Waals surface area contributed by atoms with Gasteiger partial charge in [-0.1, -0.05) is 30.3 Å². The summed E-state index contributed by atoms with van der Waals surface area (Å²) in [5, 5.41) is 12.5. The molecule has 2 N–H and O–H groups in total. The smallest absolute Gasteiger partial charge is 0.251 e. The topological polar surface area (TPSA) is 77.0 Å². The van der Waals surface area contributed by atoms with Crippen molar-refractivity contribution in [2.24, 2.45) is 0 Å². The number of hydrogen-bond acceptors (Lipinski definition) is 6. The molecular formula is C20H23NO5S. The molecule has 2 atom stereocenters. The van der Waals surface area contributed by atoms with E-state index >= 15 is 0 Å². The number of methoxy groups -OCH3 is 2.